The number of nitrogens with one attached hydrogen (secondary N) is 1. The third kappa shape index (κ3) is 3.86. The summed E-state index contributed by atoms with van der Waals surface area (Å²) in [5, 5.41) is 0.921. The van der Waals surface area contributed by atoms with Crippen molar-refractivity contribution < 1.29 is 8.42 Å². The summed E-state index contributed by atoms with van der Waals surface area (Å²) in [5.74, 6) is 0.936. The van der Waals surface area contributed by atoms with Crippen LogP contribution in [0.3, 0.4) is 0 Å². The Bertz CT molecular complexity index is 547. The van der Waals surface area contributed by atoms with Gasteiger partial charge < -0.3 is 0 Å². The van der Waals surface area contributed by atoms with Crippen molar-refractivity contribution >= 4 is 60.5 Å². The average molecular weight is 407 g/mol. The van der Waals surface area contributed by atoms with E-state index in [4.69, 9.17) is 23.2 Å². The van der Waals surface area contributed by atoms with Crippen LogP contribution in [-0.2, 0) is 10.0 Å². The standard InChI is InChI=1S/C11H14BrCl2NO2S2/c12-5-7-2-1-3-8(7)6-15-19(16,17)9-4-10(13)18-11(9)14/h4,7-8,15H,1-3,5-6H2. The molecule has 1 aliphatic carbocycles. The molecular weight excluding hydrogens is 393 g/mol. The second-order valence-corrected chi connectivity index (χ2v) is 9.31. The lowest BCUT2D eigenvalue weighted by molar-refractivity contribution is 0.422. The molecule has 0 aliphatic heterocycles. The number of alkyl halides is 1. The van der Waals surface area contributed by atoms with Crippen molar-refractivity contribution in [3.8, 4) is 0 Å². The molecule has 1 fully saturated rings. The van der Waals surface area contributed by atoms with E-state index < -0.39 is 10.0 Å². The summed E-state index contributed by atoms with van der Waals surface area (Å²) in [7, 11) is -3.56. The van der Waals surface area contributed by atoms with Gasteiger partial charge in [-0.15, -0.1) is 11.3 Å². The largest absolute Gasteiger partial charge is 0.242 e. The molecule has 1 aliphatic rings. The van der Waals surface area contributed by atoms with Crippen molar-refractivity contribution in [3.05, 3.63) is 14.7 Å². The van der Waals surface area contributed by atoms with E-state index in [9.17, 15) is 8.42 Å². The molecule has 0 radical (unpaired) electrons. The monoisotopic (exact) mass is 405 g/mol. The zero-order valence-corrected chi connectivity index (χ0v) is 14.8. The highest BCUT2D eigenvalue weighted by atomic mass is 79.9. The molecule has 8 heteroatoms. The Morgan fingerprint density at radius 1 is 1.37 bits per heavy atom. The predicted octanol–water partition coefficient (Wildman–Crippen LogP) is 4.14. The van der Waals surface area contributed by atoms with Crippen LogP contribution >= 0.6 is 50.5 Å². The van der Waals surface area contributed by atoms with E-state index in [-0.39, 0.29) is 9.23 Å². The van der Waals surface area contributed by atoms with E-state index in [0.717, 1.165) is 35.9 Å². The maximum Gasteiger partial charge on any atom is 0.242 e. The lowest BCUT2D eigenvalue weighted by atomic mass is 9.99. The smallest absolute Gasteiger partial charge is 0.211 e. The van der Waals surface area contributed by atoms with Crippen molar-refractivity contribution in [2.24, 2.45) is 11.8 Å². The number of sulfonamides is 1. The van der Waals surface area contributed by atoms with Gasteiger partial charge >= 0.3 is 0 Å². The van der Waals surface area contributed by atoms with Crippen LogP contribution in [0.5, 0.6) is 0 Å². The summed E-state index contributed by atoms with van der Waals surface area (Å²) in [6.45, 7) is 0.461. The molecule has 1 aromatic heterocycles. The van der Waals surface area contributed by atoms with Gasteiger partial charge in [-0.1, -0.05) is 45.6 Å². The molecule has 3 nitrogen and oxygen atoms in total. The highest BCUT2D eigenvalue weighted by Crippen LogP contribution is 2.35. The van der Waals surface area contributed by atoms with Gasteiger partial charge in [0.25, 0.3) is 0 Å². The number of hydrogen-bond acceptors (Lipinski definition) is 3. The minimum absolute atomic E-state index is 0.0811. The highest BCUT2D eigenvalue weighted by molar-refractivity contribution is 9.09. The molecule has 1 aromatic rings. The molecule has 0 amide bonds. The van der Waals surface area contributed by atoms with Gasteiger partial charge in [-0.3, -0.25) is 0 Å². The molecule has 2 atom stereocenters. The summed E-state index contributed by atoms with van der Waals surface area (Å²) in [6.07, 6.45) is 3.38. The van der Waals surface area contributed by atoms with Gasteiger partial charge in [0, 0.05) is 11.9 Å². The fourth-order valence-electron chi connectivity index (χ4n) is 2.39. The molecule has 0 spiro atoms. The quantitative estimate of drug-likeness (QED) is 0.746. The molecular formula is C11H14BrCl2NO2S2. The van der Waals surface area contributed by atoms with E-state index in [0.29, 0.717) is 22.7 Å². The number of halogens is 3. The molecule has 1 saturated carbocycles. The molecule has 1 N–H and O–H groups in total. The highest BCUT2D eigenvalue weighted by Gasteiger charge is 2.28. The topological polar surface area (TPSA) is 46.2 Å². The lowest BCUT2D eigenvalue weighted by Gasteiger charge is -2.17. The maximum absolute atomic E-state index is 12.2. The SMILES string of the molecule is O=S(=O)(NCC1CCCC1CBr)c1cc(Cl)sc1Cl. The number of rotatable bonds is 5. The number of hydrogen-bond donors (Lipinski definition) is 1. The van der Waals surface area contributed by atoms with E-state index in [1.165, 1.54) is 6.07 Å². The molecule has 19 heavy (non-hydrogen) atoms. The molecule has 0 aromatic carbocycles. The van der Waals surface area contributed by atoms with E-state index >= 15 is 0 Å². The van der Waals surface area contributed by atoms with E-state index in [1.807, 2.05) is 0 Å². The minimum Gasteiger partial charge on any atom is -0.211 e. The Morgan fingerprint density at radius 3 is 2.63 bits per heavy atom. The fourth-order valence-corrected chi connectivity index (χ4v) is 6.48. The van der Waals surface area contributed by atoms with Crippen molar-refractivity contribution in [1.29, 1.82) is 0 Å². The molecule has 2 unspecified atom stereocenters. The first-order chi connectivity index (χ1) is 8.94. The zero-order valence-electron chi connectivity index (χ0n) is 10.0. The Balaban J connectivity index is 2.04. The fraction of sp³-hybridized carbons (Fsp3) is 0.636. The van der Waals surface area contributed by atoms with Gasteiger partial charge in [-0.25, -0.2) is 13.1 Å². The van der Waals surface area contributed by atoms with E-state index in [1.54, 1.807) is 0 Å². The predicted molar refractivity (Wildman–Crippen MR) is 84.2 cm³/mol. The zero-order chi connectivity index (χ0) is 14.0. The van der Waals surface area contributed by atoms with Crippen molar-refractivity contribution in [2.45, 2.75) is 24.2 Å². The van der Waals surface area contributed by atoms with Gasteiger partial charge in [-0.05, 0) is 30.7 Å². The van der Waals surface area contributed by atoms with Crippen LogP contribution in [0.4, 0.5) is 0 Å². The summed E-state index contributed by atoms with van der Waals surface area (Å²) < 4.78 is 27.6. The van der Waals surface area contributed by atoms with Crippen LogP contribution in [0.1, 0.15) is 19.3 Å². The van der Waals surface area contributed by atoms with Crippen molar-refractivity contribution in [3.63, 3.8) is 0 Å². The normalized spacial score (nSPS) is 23.9. The lowest BCUT2D eigenvalue weighted by Crippen LogP contribution is -2.31. The van der Waals surface area contributed by atoms with Crippen LogP contribution in [0.2, 0.25) is 8.67 Å². The first-order valence-corrected chi connectivity index (χ1v) is 10.1. The molecule has 2 rings (SSSR count). The van der Waals surface area contributed by atoms with Crippen LogP contribution < -0.4 is 4.72 Å². The van der Waals surface area contributed by atoms with E-state index in [2.05, 4.69) is 20.7 Å². The average Bonchev–Trinajstić information content (AvgIpc) is 2.93. The molecule has 0 bridgehead atoms. The maximum atomic E-state index is 12.2. The molecule has 108 valence electrons. The minimum atomic E-state index is -3.56. The van der Waals surface area contributed by atoms with Gasteiger partial charge in [0.05, 0.1) is 4.34 Å². The second kappa shape index (κ2) is 6.62. The third-order valence-electron chi connectivity index (χ3n) is 3.47. The third-order valence-corrected chi connectivity index (χ3v) is 7.47. The summed E-state index contributed by atoms with van der Waals surface area (Å²) >= 11 is 16.2. The summed E-state index contributed by atoms with van der Waals surface area (Å²) in [5.41, 5.74) is 0. The van der Waals surface area contributed by atoms with Gasteiger partial charge in [0.15, 0.2) is 0 Å². The first-order valence-electron chi connectivity index (χ1n) is 5.94. The first kappa shape index (κ1) is 16.0. The van der Waals surface area contributed by atoms with Crippen molar-refractivity contribution in [1.82, 2.24) is 4.72 Å². The Hall–Kier alpha value is 0.670. The summed E-state index contributed by atoms with van der Waals surface area (Å²) in [6, 6.07) is 1.40. The molecule has 0 saturated heterocycles. The van der Waals surface area contributed by atoms with Gasteiger partial charge in [0.2, 0.25) is 10.0 Å². The van der Waals surface area contributed by atoms with Crippen LogP contribution in [0, 0.1) is 11.8 Å². The van der Waals surface area contributed by atoms with Crippen LogP contribution in [0.15, 0.2) is 11.0 Å². The van der Waals surface area contributed by atoms with Crippen molar-refractivity contribution in [2.75, 3.05) is 11.9 Å². The van der Waals surface area contributed by atoms with Crippen LogP contribution in [-0.4, -0.2) is 20.3 Å². The second-order valence-electron chi connectivity index (χ2n) is 4.65. The Kier molecular flexibility index (Phi) is 5.59. The summed E-state index contributed by atoms with van der Waals surface area (Å²) in [4.78, 5) is 0.0811. The number of thiophene rings is 1. The Morgan fingerprint density at radius 2 is 2.05 bits per heavy atom. The van der Waals surface area contributed by atoms with Crippen LogP contribution in [0.25, 0.3) is 0 Å². The van der Waals surface area contributed by atoms with Gasteiger partial charge in [0.1, 0.15) is 9.23 Å². The molecule has 1 heterocycles. The van der Waals surface area contributed by atoms with Gasteiger partial charge in [-0.2, -0.15) is 0 Å². The Labute approximate surface area is 135 Å².